The minimum atomic E-state index is -0.303. The molecule has 2 aliphatic rings. The van der Waals surface area contributed by atoms with Gasteiger partial charge in [0.15, 0.2) is 0 Å². The second-order valence-electron chi connectivity index (χ2n) is 11.3. The molecule has 1 saturated heterocycles. The first-order chi connectivity index (χ1) is 18.1. The summed E-state index contributed by atoms with van der Waals surface area (Å²) < 4.78 is 1.91. The largest absolute Gasteiger partial charge is 0.341 e. The maximum atomic E-state index is 13.8. The Labute approximate surface area is 234 Å². The zero-order chi connectivity index (χ0) is 27.2. The fourth-order valence-electron chi connectivity index (χ4n) is 5.34. The van der Waals surface area contributed by atoms with E-state index < -0.39 is 0 Å². The number of anilines is 1. The van der Waals surface area contributed by atoms with Crippen LogP contribution in [0.1, 0.15) is 66.8 Å². The Hall–Kier alpha value is -2.77. The van der Waals surface area contributed by atoms with Crippen LogP contribution in [0.25, 0.3) is 5.69 Å². The number of benzene rings is 2. The summed E-state index contributed by atoms with van der Waals surface area (Å²) in [5.74, 6) is 0.852. The van der Waals surface area contributed by atoms with E-state index in [1.807, 2.05) is 39.9 Å². The van der Waals surface area contributed by atoms with Gasteiger partial charge in [-0.15, -0.1) is 11.8 Å². The highest BCUT2D eigenvalue weighted by Crippen LogP contribution is 2.49. The van der Waals surface area contributed by atoms with E-state index in [1.54, 1.807) is 16.7 Å². The van der Waals surface area contributed by atoms with E-state index in [4.69, 9.17) is 16.7 Å². The van der Waals surface area contributed by atoms with Crippen molar-refractivity contribution in [2.24, 2.45) is 0 Å². The summed E-state index contributed by atoms with van der Waals surface area (Å²) in [7, 11) is 0. The van der Waals surface area contributed by atoms with E-state index in [0.717, 1.165) is 59.6 Å². The van der Waals surface area contributed by atoms with Crippen molar-refractivity contribution in [1.29, 1.82) is 0 Å². The SMILES string of the molecule is Cc1cccc(-n2nc(C(C)(C)C)c3c2N(CC(=O)N2CCCC2)C(=O)CSC3c2cccc(Cl)c2)c1C. The van der Waals surface area contributed by atoms with Gasteiger partial charge in [-0.2, -0.15) is 5.10 Å². The topological polar surface area (TPSA) is 58.4 Å². The molecule has 2 amide bonds. The summed E-state index contributed by atoms with van der Waals surface area (Å²) in [6.07, 6.45) is 2.01. The first kappa shape index (κ1) is 26.8. The molecule has 6 nitrogen and oxygen atoms in total. The molecule has 1 fully saturated rings. The number of aromatic nitrogens is 2. The molecule has 3 heterocycles. The van der Waals surface area contributed by atoms with Gasteiger partial charge in [0.2, 0.25) is 11.8 Å². The Morgan fingerprint density at radius 3 is 2.50 bits per heavy atom. The van der Waals surface area contributed by atoms with Gasteiger partial charge in [0.1, 0.15) is 12.4 Å². The average Bonchev–Trinajstić information content (AvgIpc) is 3.51. The molecule has 5 rings (SSSR count). The first-order valence-electron chi connectivity index (χ1n) is 13.2. The lowest BCUT2D eigenvalue weighted by molar-refractivity contribution is -0.130. The van der Waals surface area contributed by atoms with Crippen LogP contribution in [0, 0.1) is 13.8 Å². The molecule has 0 bridgehead atoms. The molecule has 2 aromatic carbocycles. The monoisotopic (exact) mass is 550 g/mol. The third-order valence-electron chi connectivity index (χ3n) is 7.51. The number of amides is 2. The molecule has 1 unspecified atom stereocenters. The Morgan fingerprint density at radius 1 is 1.11 bits per heavy atom. The van der Waals surface area contributed by atoms with Crippen molar-refractivity contribution in [1.82, 2.24) is 14.7 Å². The third kappa shape index (κ3) is 4.98. The lowest BCUT2D eigenvalue weighted by Crippen LogP contribution is -2.43. The van der Waals surface area contributed by atoms with Crippen LogP contribution < -0.4 is 4.90 Å². The van der Waals surface area contributed by atoms with Crippen molar-refractivity contribution in [3.8, 4) is 5.69 Å². The predicted octanol–water partition coefficient (Wildman–Crippen LogP) is 6.23. The van der Waals surface area contributed by atoms with Crippen LogP contribution >= 0.6 is 23.4 Å². The molecule has 200 valence electrons. The fraction of sp³-hybridized carbons (Fsp3) is 0.433. The van der Waals surface area contributed by atoms with E-state index in [2.05, 4.69) is 46.8 Å². The van der Waals surface area contributed by atoms with Crippen molar-refractivity contribution >= 4 is 41.0 Å². The van der Waals surface area contributed by atoms with Gasteiger partial charge in [-0.3, -0.25) is 14.5 Å². The molecule has 0 spiro atoms. The van der Waals surface area contributed by atoms with Gasteiger partial charge in [-0.1, -0.05) is 56.6 Å². The maximum Gasteiger partial charge on any atom is 0.242 e. The molecule has 0 aliphatic carbocycles. The number of hydrogen-bond acceptors (Lipinski definition) is 4. The van der Waals surface area contributed by atoms with Crippen LogP contribution in [-0.2, 0) is 15.0 Å². The standard InChI is InChI=1S/C30H35ClN4O2S/c1-19-10-8-13-23(20(19)2)35-29-26(28(32-35)30(3,4)5)27(21-11-9-12-22(31)16-21)38-18-25(37)34(29)17-24(36)33-14-6-7-15-33/h8-13,16,27H,6-7,14-15,17-18H2,1-5H3. The van der Waals surface area contributed by atoms with Crippen molar-refractivity contribution in [2.45, 2.75) is 58.1 Å². The van der Waals surface area contributed by atoms with E-state index in [-0.39, 0.29) is 34.8 Å². The zero-order valence-corrected chi connectivity index (χ0v) is 24.3. The van der Waals surface area contributed by atoms with Crippen molar-refractivity contribution in [3.63, 3.8) is 0 Å². The molecule has 3 aromatic rings. The number of aryl methyl sites for hydroxylation is 1. The van der Waals surface area contributed by atoms with Crippen LogP contribution in [-0.4, -0.2) is 51.9 Å². The minimum absolute atomic E-state index is 0.00873. The molecule has 0 N–H and O–H groups in total. The highest BCUT2D eigenvalue weighted by molar-refractivity contribution is 8.00. The Balaban J connectivity index is 1.78. The van der Waals surface area contributed by atoms with Gasteiger partial charge in [0.25, 0.3) is 0 Å². The summed E-state index contributed by atoms with van der Waals surface area (Å²) in [5.41, 5.74) is 5.76. The number of nitrogens with zero attached hydrogens (tertiary/aromatic N) is 4. The normalized spacial score (nSPS) is 18.1. The Kier molecular flexibility index (Phi) is 7.35. The molecule has 1 atom stereocenters. The Morgan fingerprint density at radius 2 is 1.82 bits per heavy atom. The molecule has 1 aromatic heterocycles. The Bertz CT molecular complexity index is 1390. The van der Waals surface area contributed by atoms with Crippen LogP contribution in [0.4, 0.5) is 5.82 Å². The van der Waals surface area contributed by atoms with Crippen LogP contribution in [0.15, 0.2) is 42.5 Å². The number of fused-ring (bicyclic) bond motifs is 1. The van der Waals surface area contributed by atoms with Gasteiger partial charge in [-0.05, 0) is 61.6 Å². The van der Waals surface area contributed by atoms with Gasteiger partial charge in [0, 0.05) is 29.1 Å². The van der Waals surface area contributed by atoms with E-state index in [1.165, 1.54) is 0 Å². The molecular formula is C30H35ClN4O2S. The molecule has 0 saturated carbocycles. The lowest BCUT2D eigenvalue weighted by atomic mass is 9.87. The summed E-state index contributed by atoms with van der Waals surface area (Å²) >= 11 is 8.02. The number of rotatable bonds is 4. The van der Waals surface area contributed by atoms with Gasteiger partial charge >= 0.3 is 0 Å². The van der Waals surface area contributed by atoms with Gasteiger partial charge in [-0.25, -0.2) is 4.68 Å². The second kappa shape index (κ2) is 10.4. The predicted molar refractivity (Wildman–Crippen MR) is 156 cm³/mol. The molecule has 38 heavy (non-hydrogen) atoms. The van der Waals surface area contributed by atoms with Gasteiger partial charge < -0.3 is 4.90 Å². The summed E-state index contributed by atoms with van der Waals surface area (Å²) in [4.78, 5) is 30.8. The van der Waals surface area contributed by atoms with Crippen LogP contribution in [0.2, 0.25) is 5.02 Å². The molecule has 2 aliphatic heterocycles. The quantitative estimate of drug-likeness (QED) is 0.386. The number of thioether (sulfide) groups is 1. The van der Waals surface area contributed by atoms with Gasteiger partial charge in [0.05, 0.1) is 22.4 Å². The molecule has 8 heteroatoms. The van der Waals surface area contributed by atoms with E-state index in [9.17, 15) is 9.59 Å². The molecular weight excluding hydrogens is 516 g/mol. The van der Waals surface area contributed by atoms with E-state index in [0.29, 0.717) is 10.8 Å². The number of halogens is 1. The van der Waals surface area contributed by atoms with Crippen molar-refractivity contribution in [2.75, 3.05) is 30.3 Å². The number of carbonyl (C=O) groups is 2. The third-order valence-corrected chi connectivity index (χ3v) is 9.00. The summed E-state index contributed by atoms with van der Waals surface area (Å²) in [5, 5.41) is 5.71. The number of hydrogen-bond donors (Lipinski definition) is 0. The molecule has 0 radical (unpaired) electrons. The first-order valence-corrected chi connectivity index (χ1v) is 14.6. The highest BCUT2D eigenvalue weighted by Gasteiger charge is 2.40. The highest BCUT2D eigenvalue weighted by atomic mass is 35.5. The number of likely N-dealkylation sites (tertiary alicyclic amines) is 1. The van der Waals surface area contributed by atoms with Crippen molar-refractivity contribution in [3.05, 3.63) is 75.4 Å². The summed E-state index contributed by atoms with van der Waals surface area (Å²) in [6, 6.07) is 14.0. The van der Waals surface area contributed by atoms with Crippen LogP contribution in [0.5, 0.6) is 0 Å². The zero-order valence-electron chi connectivity index (χ0n) is 22.8. The van der Waals surface area contributed by atoms with Crippen LogP contribution in [0.3, 0.4) is 0 Å². The maximum absolute atomic E-state index is 13.8. The smallest absolute Gasteiger partial charge is 0.242 e. The van der Waals surface area contributed by atoms with E-state index >= 15 is 0 Å². The fourth-order valence-corrected chi connectivity index (χ4v) is 6.73. The second-order valence-corrected chi connectivity index (χ2v) is 12.8. The number of carbonyl (C=O) groups excluding carboxylic acids is 2. The average molecular weight is 551 g/mol. The summed E-state index contributed by atoms with van der Waals surface area (Å²) in [6.45, 7) is 12.1. The minimum Gasteiger partial charge on any atom is -0.341 e. The van der Waals surface area contributed by atoms with Crippen molar-refractivity contribution < 1.29 is 9.59 Å². The lowest BCUT2D eigenvalue weighted by Gasteiger charge is -2.26.